The third kappa shape index (κ3) is 2.85. The molecule has 1 saturated heterocycles. The summed E-state index contributed by atoms with van der Waals surface area (Å²) in [5, 5.41) is 3.51. The lowest BCUT2D eigenvalue weighted by atomic mass is 10.0. The molecule has 0 spiro atoms. The molecule has 100 valence electrons. The van der Waals surface area contributed by atoms with Gasteiger partial charge >= 0.3 is 0 Å². The molecule has 0 aromatic heterocycles. The molecular formula is C15H24N2O. The van der Waals surface area contributed by atoms with E-state index in [0.717, 1.165) is 25.4 Å². The first-order valence-electron chi connectivity index (χ1n) is 6.72. The van der Waals surface area contributed by atoms with Gasteiger partial charge in [-0.15, -0.1) is 0 Å². The van der Waals surface area contributed by atoms with Gasteiger partial charge < -0.3 is 10.1 Å². The van der Waals surface area contributed by atoms with E-state index in [9.17, 15) is 0 Å². The molecule has 0 amide bonds. The van der Waals surface area contributed by atoms with Crippen LogP contribution in [0.3, 0.4) is 0 Å². The van der Waals surface area contributed by atoms with Crippen LogP contribution in [0.5, 0.6) is 5.75 Å². The van der Waals surface area contributed by atoms with Crippen LogP contribution in [0.2, 0.25) is 0 Å². The second kappa shape index (κ2) is 5.72. The fraction of sp³-hybridized carbons (Fsp3) is 0.600. The van der Waals surface area contributed by atoms with E-state index in [0.29, 0.717) is 12.1 Å². The average molecular weight is 248 g/mol. The van der Waals surface area contributed by atoms with Crippen LogP contribution in [0.25, 0.3) is 0 Å². The third-order valence-electron chi connectivity index (χ3n) is 4.02. The summed E-state index contributed by atoms with van der Waals surface area (Å²) in [7, 11) is 1.74. The SMILES string of the molecule is COc1cc(CN2CCNC(C)C2C)ccc1C. The van der Waals surface area contributed by atoms with Crippen molar-refractivity contribution in [2.75, 3.05) is 20.2 Å². The Morgan fingerprint density at radius 1 is 1.39 bits per heavy atom. The number of nitrogens with zero attached hydrogens (tertiary/aromatic N) is 1. The van der Waals surface area contributed by atoms with Crippen LogP contribution in [-0.4, -0.2) is 37.2 Å². The van der Waals surface area contributed by atoms with Crippen LogP contribution in [-0.2, 0) is 6.54 Å². The van der Waals surface area contributed by atoms with Gasteiger partial charge in [-0.2, -0.15) is 0 Å². The molecule has 0 aliphatic carbocycles. The highest BCUT2D eigenvalue weighted by molar-refractivity contribution is 5.36. The Morgan fingerprint density at radius 3 is 2.89 bits per heavy atom. The number of methoxy groups -OCH3 is 1. The molecule has 3 nitrogen and oxygen atoms in total. The summed E-state index contributed by atoms with van der Waals surface area (Å²) < 4.78 is 5.39. The number of aryl methyl sites for hydroxylation is 1. The van der Waals surface area contributed by atoms with Crippen LogP contribution in [0, 0.1) is 6.92 Å². The minimum atomic E-state index is 0.561. The van der Waals surface area contributed by atoms with Crippen LogP contribution >= 0.6 is 0 Å². The number of benzene rings is 1. The predicted octanol–water partition coefficient (Wildman–Crippen LogP) is 2.19. The third-order valence-corrected chi connectivity index (χ3v) is 4.02. The van der Waals surface area contributed by atoms with Crippen LogP contribution in [0.15, 0.2) is 18.2 Å². The number of hydrogen-bond donors (Lipinski definition) is 1. The summed E-state index contributed by atoms with van der Waals surface area (Å²) >= 11 is 0. The first-order chi connectivity index (χ1) is 8.61. The number of piperazine rings is 1. The Bertz CT molecular complexity index is 405. The standard InChI is InChI=1S/C15H24N2O/c1-11-5-6-14(9-15(11)18-4)10-17-8-7-16-12(2)13(17)3/h5-6,9,12-13,16H,7-8,10H2,1-4H3. The minimum Gasteiger partial charge on any atom is -0.496 e. The van der Waals surface area contributed by atoms with E-state index in [1.807, 2.05) is 0 Å². The lowest BCUT2D eigenvalue weighted by Crippen LogP contribution is -2.54. The monoisotopic (exact) mass is 248 g/mol. The smallest absolute Gasteiger partial charge is 0.122 e. The van der Waals surface area contributed by atoms with Gasteiger partial charge in [0.15, 0.2) is 0 Å². The molecule has 1 aromatic rings. The molecule has 2 unspecified atom stereocenters. The van der Waals surface area contributed by atoms with Crippen molar-refractivity contribution in [3.05, 3.63) is 29.3 Å². The zero-order valence-corrected chi connectivity index (χ0v) is 11.9. The summed E-state index contributed by atoms with van der Waals surface area (Å²) in [6.07, 6.45) is 0. The fourth-order valence-corrected chi connectivity index (χ4v) is 2.55. The van der Waals surface area contributed by atoms with Crippen LogP contribution < -0.4 is 10.1 Å². The molecule has 1 N–H and O–H groups in total. The highest BCUT2D eigenvalue weighted by Gasteiger charge is 2.24. The van der Waals surface area contributed by atoms with Crippen LogP contribution in [0.4, 0.5) is 0 Å². The Morgan fingerprint density at radius 2 is 2.17 bits per heavy atom. The van der Waals surface area contributed by atoms with E-state index < -0.39 is 0 Å². The fourth-order valence-electron chi connectivity index (χ4n) is 2.55. The Labute approximate surface area is 110 Å². The van der Waals surface area contributed by atoms with E-state index in [2.05, 4.69) is 49.2 Å². The molecule has 0 saturated carbocycles. The zero-order chi connectivity index (χ0) is 13.1. The first-order valence-corrected chi connectivity index (χ1v) is 6.72. The van der Waals surface area contributed by atoms with E-state index in [-0.39, 0.29) is 0 Å². The van der Waals surface area contributed by atoms with Crippen molar-refractivity contribution in [2.24, 2.45) is 0 Å². The summed E-state index contributed by atoms with van der Waals surface area (Å²) in [6.45, 7) is 9.83. The second-order valence-electron chi connectivity index (χ2n) is 5.26. The topological polar surface area (TPSA) is 24.5 Å². The lowest BCUT2D eigenvalue weighted by Gasteiger charge is -2.38. The molecule has 18 heavy (non-hydrogen) atoms. The maximum Gasteiger partial charge on any atom is 0.122 e. The van der Waals surface area contributed by atoms with Crippen molar-refractivity contribution in [3.63, 3.8) is 0 Å². The number of nitrogens with one attached hydrogen (secondary N) is 1. The van der Waals surface area contributed by atoms with Gasteiger partial charge in [0.05, 0.1) is 7.11 Å². The van der Waals surface area contributed by atoms with E-state index in [1.165, 1.54) is 11.1 Å². The summed E-state index contributed by atoms with van der Waals surface area (Å²) in [5.41, 5.74) is 2.53. The van der Waals surface area contributed by atoms with Crippen LogP contribution in [0.1, 0.15) is 25.0 Å². The Kier molecular flexibility index (Phi) is 4.25. The molecule has 1 heterocycles. The second-order valence-corrected chi connectivity index (χ2v) is 5.26. The van der Waals surface area contributed by atoms with Crippen molar-refractivity contribution in [3.8, 4) is 5.75 Å². The van der Waals surface area contributed by atoms with Crippen molar-refractivity contribution in [1.82, 2.24) is 10.2 Å². The summed E-state index contributed by atoms with van der Waals surface area (Å²) in [6, 6.07) is 7.65. The van der Waals surface area contributed by atoms with Crippen molar-refractivity contribution < 1.29 is 4.74 Å². The molecule has 1 aromatic carbocycles. The normalized spacial score (nSPS) is 25.1. The van der Waals surface area contributed by atoms with Gasteiger partial charge in [0.1, 0.15) is 5.75 Å². The van der Waals surface area contributed by atoms with Gasteiger partial charge in [-0.3, -0.25) is 4.90 Å². The Hall–Kier alpha value is -1.06. The average Bonchev–Trinajstić information content (AvgIpc) is 2.37. The summed E-state index contributed by atoms with van der Waals surface area (Å²) in [5.74, 6) is 0.989. The molecule has 2 atom stereocenters. The van der Waals surface area contributed by atoms with Crippen molar-refractivity contribution in [1.29, 1.82) is 0 Å². The van der Waals surface area contributed by atoms with E-state index in [1.54, 1.807) is 7.11 Å². The van der Waals surface area contributed by atoms with Gasteiger partial charge in [-0.25, -0.2) is 0 Å². The highest BCUT2D eigenvalue weighted by Crippen LogP contribution is 2.21. The number of hydrogen-bond acceptors (Lipinski definition) is 3. The first kappa shape index (κ1) is 13.4. The zero-order valence-electron chi connectivity index (χ0n) is 11.9. The highest BCUT2D eigenvalue weighted by atomic mass is 16.5. The summed E-state index contributed by atoms with van der Waals surface area (Å²) in [4.78, 5) is 2.53. The predicted molar refractivity (Wildman–Crippen MR) is 75.1 cm³/mol. The molecular weight excluding hydrogens is 224 g/mol. The molecule has 1 aliphatic heterocycles. The quantitative estimate of drug-likeness (QED) is 0.887. The minimum absolute atomic E-state index is 0.561. The molecule has 0 radical (unpaired) electrons. The van der Waals surface area contributed by atoms with Gasteiger partial charge in [0.25, 0.3) is 0 Å². The van der Waals surface area contributed by atoms with E-state index >= 15 is 0 Å². The molecule has 2 rings (SSSR count). The van der Waals surface area contributed by atoms with Crippen molar-refractivity contribution >= 4 is 0 Å². The molecule has 1 fully saturated rings. The van der Waals surface area contributed by atoms with Gasteiger partial charge in [0, 0.05) is 31.7 Å². The Balaban J connectivity index is 2.09. The lowest BCUT2D eigenvalue weighted by molar-refractivity contribution is 0.130. The van der Waals surface area contributed by atoms with Gasteiger partial charge in [-0.1, -0.05) is 12.1 Å². The number of ether oxygens (including phenoxy) is 1. The van der Waals surface area contributed by atoms with Gasteiger partial charge in [-0.05, 0) is 38.0 Å². The molecule has 1 aliphatic rings. The van der Waals surface area contributed by atoms with Crippen molar-refractivity contribution in [2.45, 2.75) is 39.4 Å². The maximum absolute atomic E-state index is 5.39. The van der Waals surface area contributed by atoms with Gasteiger partial charge in [0.2, 0.25) is 0 Å². The molecule has 3 heteroatoms. The largest absolute Gasteiger partial charge is 0.496 e. The maximum atomic E-state index is 5.39. The number of rotatable bonds is 3. The molecule has 0 bridgehead atoms. The van der Waals surface area contributed by atoms with E-state index in [4.69, 9.17) is 4.74 Å².